The largest absolute Gasteiger partial charge is 0.480 e. The molecule has 0 saturated heterocycles. The molecule has 0 spiro atoms. The molecular weight excluding hydrogens is 346 g/mol. The number of anilines is 1. The number of aromatic nitrogens is 2. The third kappa shape index (κ3) is 4.44. The second kappa shape index (κ2) is 7.92. The lowest BCUT2D eigenvalue weighted by atomic mass is 10.1. The van der Waals surface area contributed by atoms with E-state index in [4.69, 9.17) is 5.11 Å². The first-order valence-corrected chi connectivity index (χ1v) is 7.21. The fourth-order valence-corrected chi connectivity index (χ4v) is 2.08. The predicted molar refractivity (Wildman–Crippen MR) is 86.9 cm³/mol. The summed E-state index contributed by atoms with van der Waals surface area (Å²) in [5, 5.41) is 15.0. The molecular formula is C16H15N3O7. The van der Waals surface area contributed by atoms with E-state index in [0.717, 1.165) is 4.68 Å². The molecule has 2 N–H and O–H groups in total. The van der Waals surface area contributed by atoms with Crippen molar-refractivity contribution in [1.82, 2.24) is 9.78 Å². The number of methoxy groups -OCH3 is 2. The first kappa shape index (κ1) is 18.6. The lowest BCUT2D eigenvalue weighted by Gasteiger charge is -2.09. The molecule has 0 aliphatic rings. The number of amides is 1. The molecule has 1 amide bonds. The van der Waals surface area contributed by atoms with Crippen LogP contribution in [0.2, 0.25) is 0 Å². The Morgan fingerprint density at radius 2 is 1.62 bits per heavy atom. The zero-order valence-corrected chi connectivity index (χ0v) is 13.9. The number of esters is 2. The minimum atomic E-state index is -1.10. The quantitative estimate of drug-likeness (QED) is 0.721. The van der Waals surface area contributed by atoms with Gasteiger partial charge in [-0.2, -0.15) is 5.10 Å². The number of nitrogens with one attached hydrogen (secondary N) is 1. The van der Waals surface area contributed by atoms with Gasteiger partial charge in [-0.3, -0.25) is 14.3 Å². The van der Waals surface area contributed by atoms with Crippen LogP contribution in [0, 0.1) is 0 Å². The van der Waals surface area contributed by atoms with Crippen molar-refractivity contribution in [3.8, 4) is 0 Å². The highest BCUT2D eigenvalue weighted by molar-refractivity contribution is 6.05. The Balaban J connectivity index is 2.28. The van der Waals surface area contributed by atoms with E-state index < -0.39 is 30.4 Å². The molecule has 2 rings (SSSR count). The van der Waals surface area contributed by atoms with Crippen LogP contribution in [0.25, 0.3) is 0 Å². The fraction of sp³-hybridized carbons (Fsp3) is 0.188. The molecule has 0 bridgehead atoms. The standard InChI is InChI=1S/C16H15N3O7/c1-25-15(23)9-3-10(16(24)26-2)5-12(4-9)18-14(22)11-6-17-19(7-11)8-13(20)21/h3-7H,8H2,1-2H3,(H,18,22)(H,20,21). The molecule has 0 saturated carbocycles. The summed E-state index contributed by atoms with van der Waals surface area (Å²) in [4.78, 5) is 46.4. The third-order valence-corrected chi connectivity index (χ3v) is 3.23. The van der Waals surface area contributed by atoms with Gasteiger partial charge in [-0.25, -0.2) is 9.59 Å². The molecule has 0 fully saturated rings. The molecule has 1 heterocycles. The molecule has 0 aliphatic carbocycles. The van der Waals surface area contributed by atoms with Crippen molar-refractivity contribution in [3.63, 3.8) is 0 Å². The molecule has 0 unspecified atom stereocenters. The summed E-state index contributed by atoms with van der Waals surface area (Å²) in [7, 11) is 2.37. The van der Waals surface area contributed by atoms with Gasteiger partial charge in [0.25, 0.3) is 5.91 Å². The summed E-state index contributed by atoms with van der Waals surface area (Å²) in [5.74, 6) is -3.09. The number of ether oxygens (including phenoxy) is 2. The van der Waals surface area contributed by atoms with Crippen LogP contribution in [0.3, 0.4) is 0 Å². The second-order valence-corrected chi connectivity index (χ2v) is 5.06. The van der Waals surface area contributed by atoms with E-state index in [0.29, 0.717) is 0 Å². The Labute approximate surface area is 147 Å². The highest BCUT2D eigenvalue weighted by Gasteiger charge is 2.16. The summed E-state index contributed by atoms with van der Waals surface area (Å²) in [6.45, 7) is -0.391. The summed E-state index contributed by atoms with van der Waals surface area (Å²) in [6.07, 6.45) is 2.46. The van der Waals surface area contributed by atoms with E-state index in [2.05, 4.69) is 19.9 Å². The van der Waals surface area contributed by atoms with Crippen LogP contribution >= 0.6 is 0 Å². The van der Waals surface area contributed by atoms with E-state index in [9.17, 15) is 19.2 Å². The van der Waals surface area contributed by atoms with Crippen molar-refractivity contribution in [2.75, 3.05) is 19.5 Å². The summed E-state index contributed by atoms with van der Waals surface area (Å²) in [5.41, 5.74) is 0.359. The maximum atomic E-state index is 12.3. The first-order chi connectivity index (χ1) is 12.3. The van der Waals surface area contributed by atoms with Gasteiger partial charge < -0.3 is 19.9 Å². The molecule has 2 aromatic rings. The van der Waals surface area contributed by atoms with Crippen molar-refractivity contribution in [2.45, 2.75) is 6.54 Å². The van der Waals surface area contributed by atoms with E-state index in [-0.39, 0.29) is 22.4 Å². The van der Waals surface area contributed by atoms with Gasteiger partial charge in [0.15, 0.2) is 0 Å². The van der Waals surface area contributed by atoms with Gasteiger partial charge in [0.2, 0.25) is 0 Å². The van der Waals surface area contributed by atoms with Gasteiger partial charge in [-0.1, -0.05) is 0 Å². The number of hydrogen-bond donors (Lipinski definition) is 2. The van der Waals surface area contributed by atoms with Crippen molar-refractivity contribution in [2.24, 2.45) is 0 Å². The van der Waals surface area contributed by atoms with Gasteiger partial charge in [0, 0.05) is 11.9 Å². The van der Waals surface area contributed by atoms with Gasteiger partial charge in [0.1, 0.15) is 6.54 Å². The molecule has 1 aromatic carbocycles. The highest BCUT2D eigenvalue weighted by Crippen LogP contribution is 2.18. The molecule has 10 heteroatoms. The molecule has 10 nitrogen and oxygen atoms in total. The van der Waals surface area contributed by atoms with Crippen molar-refractivity contribution < 1.29 is 33.8 Å². The zero-order chi connectivity index (χ0) is 19.3. The Morgan fingerprint density at radius 1 is 1.04 bits per heavy atom. The monoisotopic (exact) mass is 361 g/mol. The predicted octanol–water partition coefficient (Wildman–Crippen LogP) is 0.793. The second-order valence-electron chi connectivity index (χ2n) is 5.06. The fourth-order valence-electron chi connectivity index (χ4n) is 2.08. The molecule has 136 valence electrons. The van der Waals surface area contributed by atoms with Gasteiger partial charge >= 0.3 is 17.9 Å². The number of carboxylic acid groups (broad SMARTS) is 1. The smallest absolute Gasteiger partial charge is 0.337 e. The van der Waals surface area contributed by atoms with Crippen LogP contribution in [-0.4, -0.2) is 52.9 Å². The SMILES string of the molecule is COC(=O)c1cc(NC(=O)c2cnn(CC(=O)O)c2)cc(C(=O)OC)c1. The van der Waals surface area contributed by atoms with Crippen molar-refractivity contribution in [1.29, 1.82) is 0 Å². The number of rotatable bonds is 6. The van der Waals surface area contributed by atoms with Gasteiger partial charge in [-0.15, -0.1) is 0 Å². The lowest BCUT2D eigenvalue weighted by molar-refractivity contribution is -0.137. The topological polar surface area (TPSA) is 137 Å². The Kier molecular flexibility index (Phi) is 5.68. The minimum Gasteiger partial charge on any atom is -0.480 e. The van der Waals surface area contributed by atoms with E-state index in [1.165, 1.54) is 44.8 Å². The molecule has 26 heavy (non-hydrogen) atoms. The number of carbonyl (C=O) groups excluding carboxylic acids is 3. The molecule has 0 aliphatic heterocycles. The highest BCUT2D eigenvalue weighted by atomic mass is 16.5. The minimum absolute atomic E-state index is 0.0484. The maximum absolute atomic E-state index is 12.3. The van der Waals surface area contributed by atoms with Gasteiger partial charge in [-0.05, 0) is 18.2 Å². The van der Waals surface area contributed by atoms with Crippen LogP contribution in [0.4, 0.5) is 5.69 Å². The summed E-state index contributed by atoms with van der Waals surface area (Å²) < 4.78 is 10.3. The first-order valence-electron chi connectivity index (χ1n) is 7.21. The number of nitrogens with zero attached hydrogens (tertiary/aromatic N) is 2. The Bertz CT molecular complexity index is 838. The van der Waals surface area contributed by atoms with E-state index in [1.54, 1.807) is 0 Å². The number of aliphatic carboxylic acids is 1. The van der Waals surface area contributed by atoms with Crippen LogP contribution in [0.5, 0.6) is 0 Å². The Morgan fingerprint density at radius 3 is 2.12 bits per heavy atom. The molecule has 0 atom stereocenters. The summed E-state index contributed by atoms with van der Waals surface area (Å²) >= 11 is 0. The van der Waals surface area contributed by atoms with E-state index in [1.807, 2.05) is 0 Å². The average molecular weight is 361 g/mol. The van der Waals surface area contributed by atoms with Crippen LogP contribution in [0.1, 0.15) is 31.1 Å². The molecule has 1 aromatic heterocycles. The van der Waals surface area contributed by atoms with Gasteiger partial charge in [0.05, 0.1) is 37.1 Å². The number of benzene rings is 1. The van der Waals surface area contributed by atoms with Crippen molar-refractivity contribution >= 4 is 29.5 Å². The number of carbonyl (C=O) groups is 4. The third-order valence-electron chi connectivity index (χ3n) is 3.23. The maximum Gasteiger partial charge on any atom is 0.337 e. The average Bonchev–Trinajstić information content (AvgIpc) is 3.07. The summed E-state index contributed by atoms with van der Waals surface area (Å²) in [6, 6.07) is 3.94. The molecule has 0 radical (unpaired) electrons. The van der Waals surface area contributed by atoms with Crippen LogP contribution in [0.15, 0.2) is 30.6 Å². The van der Waals surface area contributed by atoms with Crippen molar-refractivity contribution in [3.05, 3.63) is 47.3 Å². The number of hydrogen-bond acceptors (Lipinski definition) is 7. The Hall–Kier alpha value is -3.69. The lowest BCUT2D eigenvalue weighted by Crippen LogP contribution is -2.14. The normalized spacial score (nSPS) is 10.1. The van der Waals surface area contributed by atoms with E-state index >= 15 is 0 Å². The zero-order valence-electron chi connectivity index (χ0n) is 13.9. The van der Waals surface area contributed by atoms with Crippen LogP contribution in [-0.2, 0) is 20.8 Å². The number of carboxylic acids is 1. The van der Waals surface area contributed by atoms with Crippen LogP contribution < -0.4 is 5.32 Å².